The van der Waals surface area contributed by atoms with Gasteiger partial charge in [0, 0.05) is 11.0 Å². The van der Waals surface area contributed by atoms with E-state index in [9.17, 15) is 4.79 Å². The highest BCUT2D eigenvalue weighted by molar-refractivity contribution is 5.71. The predicted octanol–water partition coefficient (Wildman–Crippen LogP) is 3.41. The first-order valence-electron chi connectivity index (χ1n) is 8.25. The van der Waals surface area contributed by atoms with Crippen molar-refractivity contribution in [3.63, 3.8) is 0 Å². The van der Waals surface area contributed by atoms with E-state index in [1.807, 2.05) is 0 Å². The van der Waals surface area contributed by atoms with Crippen LogP contribution >= 0.6 is 0 Å². The third-order valence-electron chi connectivity index (χ3n) is 7.08. The van der Waals surface area contributed by atoms with Crippen LogP contribution in [0.15, 0.2) is 0 Å². The molecule has 114 valence electrons. The van der Waals surface area contributed by atoms with Gasteiger partial charge in [0.2, 0.25) is 0 Å². The molecule has 3 fully saturated rings. The molecule has 0 spiro atoms. The minimum absolute atomic E-state index is 0.0658. The average Bonchev–Trinajstić information content (AvgIpc) is 2.91. The fraction of sp³-hybridized carbons (Fsp3) is 0.941. The highest BCUT2D eigenvalue weighted by Gasteiger charge is 2.62. The fourth-order valence-electron chi connectivity index (χ4n) is 5.05. The number of ether oxygens (including phenoxy) is 1. The predicted molar refractivity (Wildman–Crippen MR) is 79.1 cm³/mol. The Morgan fingerprint density at radius 3 is 2.35 bits per heavy atom. The van der Waals surface area contributed by atoms with E-state index < -0.39 is 0 Å². The molecule has 2 bridgehead atoms. The molecule has 0 aliphatic heterocycles. The molecule has 2 N–H and O–H groups in total. The van der Waals surface area contributed by atoms with E-state index in [2.05, 4.69) is 20.8 Å². The van der Waals surface area contributed by atoms with Crippen molar-refractivity contribution in [1.82, 2.24) is 0 Å². The summed E-state index contributed by atoms with van der Waals surface area (Å²) < 4.78 is 5.89. The fourth-order valence-corrected chi connectivity index (χ4v) is 5.05. The lowest BCUT2D eigenvalue weighted by Crippen LogP contribution is -2.42. The van der Waals surface area contributed by atoms with E-state index in [1.165, 1.54) is 12.8 Å². The van der Waals surface area contributed by atoms with E-state index in [0.717, 1.165) is 32.1 Å². The molecule has 0 aromatic rings. The summed E-state index contributed by atoms with van der Waals surface area (Å²) in [6.07, 6.45) is 8.29. The maximum atomic E-state index is 12.3. The number of rotatable bonds is 3. The third kappa shape index (κ3) is 2.01. The largest absolute Gasteiger partial charge is 0.462 e. The zero-order valence-corrected chi connectivity index (χ0v) is 13.2. The number of hydrogen-bond donors (Lipinski definition) is 1. The van der Waals surface area contributed by atoms with E-state index in [4.69, 9.17) is 10.5 Å². The molecule has 0 radical (unpaired) electrons. The quantitative estimate of drug-likeness (QED) is 0.805. The van der Waals surface area contributed by atoms with Crippen molar-refractivity contribution in [2.75, 3.05) is 0 Å². The van der Waals surface area contributed by atoms with Crippen molar-refractivity contribution >= 4 is 5.97 Å². The second kappa shape index (κ2) is 4.46. The van der Waals surface area contributed by atoms with Crippen LogP contribution in [0.4, 0.5) is 0 Å². The summed E-state index contributed by atoms with van der Waals surface area (Å²) in [7, 11) is 0. The molecular weight excluding hydrogens is 250 g/mol. The number of esters is 1. The Bertz CT molecular complexity index is 411. The first-order chi connectivity index (χ1) is 9.27. The van der Waals surface area contributed by atoms with Gasteiger partial charge in [0.05, 0.1) is 6.42 Å². The van der Waals surface area contributed by atoms with Crippen LogP contribution in [0.1, 0.15) is 72.1 Å². The first kappa shape index (κ1) is 14.4. The summed E-state index contributed by atoms with van der Waals surface area (Å²) in [5, 5.41) is 0. The van der Waals surface area contributed by atoms with Gasteiger partial charge in [0.15, 0.2) is 0 Å². The van der Waals surface area contributed by atoms with Crippen molar-refractivity contribution in [3.05, 3.63) is 0 Å². The SMILES string of the molecule is CC1(C)C2CCC1(C)C(OC(=O)CC1(N)CCCC1)C2. The molecule has 3 aliphatic rings. The van der Waals surface area contributed by atoms with Gasteiger partial charge in [-0.2, -0.15) is 0 Å². The molecule has 0 aromatic carbocycles. The molecule has 3 unspecified atom stereocenters. The molecule has 3 heteroatoms. The van der Waals surface area contributed by atoms with Gasteiger partial charge in [0.25, 0.3) is 0 Å². The van der Waals surface area contributed by atoms with Crippen LogP contribution in [0.25, 0.3) is 0 Å². The molecule has 3 aliphatic carbocycles. The highest BCUT2D eigenvalue weighted by atomic mass is 16.5. The lowest BCUT2D eigenvalue weighted by atomic mass is 9.70. The Labute approximate surface area is 122 Å². The molecule has 3 rings (SSSR count). The molecule has 20 heavy (non-hydrogen) atoms. The van der Waals surface area contributed by atoms with Crippen LogP contribution in [0.2, 0.25) is 0 Å². The van der Waals surface area contributed by atoms with Crippen LogP contribution in [-0.2, 0) is 9.53 Å². The minimum Gasteiger partial charge on any atom is -0.462 e. The topological polar surface area (TPSA) is 52.3 Å². The molecule has 0 amide bonds. The number of carbonyl (C=O) groups is 1. The number of carbonyl (C=O) groups excluding carboxylic acids is 1. The van der Waals surface area contributed by atoms with Crippen molar-refractivity contribution in [2.24, 2.45) is 22.5 Å². The Morgan fingerprint density at radius 1 is 1.20 bits per heavy atom. The normalized spacial score (nSPS) is 41.0. The second-order valence-corrected chi connectivity index (χ2v) is 8.34. The molecule has 0 heterocycles. The minimum atomic E-state index is -0.287. The summed E-state index contributed by atoms with van der Waals surface area (Å²) in [5.74, 6) is 0.646. The standard InChI is InChI=1S/C17H29NO2/c1-15(2)12-6-9-16(15,3)13(10-12)20-14(19)11-17(18)7-4-5-8-17/h12-13H,4-11,18H2,1-3H3. The Balaban J connectivity index is 1.63. The van der Waals surface area contributed by atoms with Gasteiger partial charge in [0.1, 0.15) is 6.10 Å². The lowest BCUT2D eigenvalue weighted by Gasteiger charge is -2.38. The van der Waals surface area contributed by atoms with Gasteiger partial charge >= 0.3 is 5.97 Å². The van der Waals surface area contributed by atoms with Crippen LogP contribution < -0.4 is 5.73 Å². The molecule has 3 nitrogen and oxygen atoms in total. The average molecular weight is 279 g/mol. The van der Waals surface area contributed by atoms with Gasteiger partial charge < -0.3 is 10.5 Å². The van der Waals surface area contributed by atoms with Crippen LogP contribution in [0, 0.1) is 16.7 Å². The molecule has 0 aromatic heterocycles. The summed E-state index contributed by atoms with van der Waals surface area (Å²) in [5.41, 5.74) is 6.46. The van der Waals surface area contributed by atoms with E-state index >= 15 is 0 Å². The van der Waals surface area contributed by atoms with Crippen LogP contribution in [-0.4, -0.2) is 17.6 Å². The van der Waals surface area contributed by atoms with Gasteiger partial charge in [-0.05, 0) is 43.4 Å². The molecule has 3 atom stereocenters. The molecule has 0 saturated heterocycles. The molecule has 3 saturated carbocycles. The summed E-state index contributed by atoms with van der Waals surface area (Å²) in [6, 6.07) is 0. The van der Waals surface area contributed by atoms with Crippen molar-refractivity contribution < 1.29 is 9.53 Å². The highest BCUT2D eigenvalue weighted by Crippen LogP contribution is 2.66. The van der Waals surface area contributed by atoms with Gasteiger partial charge in [-0.3, -0.25) is 4.79 Å². The van der Waals surface area contributed by atoms with Crippen LogP contribution in [0.3, 0.4) is 0 Å². The van der Waals surface area contributed by atoms with E-state index in [0.29, 0.717) is 17.8 Å². The van der Waals surface area contributed by atoms with Gasteiger partial charge in [-0.15, -0.1) is 0 Å². The number of hydrogen-bond acceptors (Lipinski definition) is 3. The second-order valence-electron chi connectivity index (χ2n) is 8.34. The zero-order valence-electron chi connectivity index (χ0n) is 13.2. The zero-order chi connectivity index (χ0) is 14.6. The van der Waals surface area contributed by atoms with Crippen molar-refractivity contribution in [1.29, 1.82) is 0 Å². The maximum Gasteiger partial charge on any atom is 0.307 e. The van der Waals surface area contributed by atoms with E-state index in [-0.39, 0.29) is 23.0 Å². The van der Waals surface area contributed by atoms with E-state index in [1.54, 1.807) is 0 Å². The lowest BCUT2D eigenvalue weighted by molar-refractivity contribution is -0.158. The Morgan fingerprint density at radius 2 is 1.85 bits per heavy atom. The van der Waals surface area contributed by atoms with Crippen LogP contribution in [0.5, 0.6) is 0 Å². The van der Waals surface area contributed by atoms with Gasteiger partial charge in [-0.1, -0.05) is 33.6 Å². The first-order valence-corrected chi connectivity index (χ1v) is 8.25. The maximum absolute atomic E-state index is 12.3. The van der Waals surface area contributed by atoms with Crippen molar-refractivity contribution in [2.45, 2.75) is 83.8 Å². The Hall–Kier alpha value is -0.570. The Kier molecular flexibility index (Phi) is 3.20. The number of nitrogens with two attached hydrogens (primary N) is 1. The summed E-state index contributed by atoms with van der Waals surface area (Å²) in [6.45, 7) is 7.01. The monoisotopic (exact) mass is 279 g/mol. The van der Waals surface area contributed by atoms with Gasteiger partial charge in [-0.25, -0.2) is 0 Å². The molecular formula is C17H29NO2. The summed E-state index contributed by atoms with van der Waals surface area (Å²) in [4.78, 5) is 12.3. The number of fused-ring (bicyclic) bond motifs is 2. The third-order valence-corrected chi connectivity index (χ3v) is 7.08. The summed E-state index contributed by atoms with van der Waals surface area (Å²) >= 11 is 0. The van der Waals surface area contributed by atoms with Crippen molar-refractivity contribution in [3.8, 4) is 0 Å². The smallest absolute Gasteiger partial charge is 0.307 e.